The largest absolute Gasteiger partial charge is 0.412 e. The molecule has 16 heavy (non-hydrogen) atoms. The molecule has 0 aromatic heterocycles. The summed E-state index contributed by atoms with van der Waals surface area (Å²) in [6, 6.07) is 0. The van der Waals surface area contributed by atoms with Crippen molar-refractivity contribution in [2.75, 3.05) is 0 Å². The Morgan fingerprint density at radius 3 is 2.00 bits per heavy atom. The molecule has 0 aliphatic heterocycles. The summed E-state index contributed by atoms with van der Waals surface area (Å²) in [5.41, 5.74) is 0.663. The second-order valence-corrected chi connectivity index (χ2v) is 3.82. The van der Waals surface area contributed by atoms with Crippen LogP contribution < -0.4 is 5.73 Å². The van der Waals surface area contributed by atoms with Crippen LogP contribution in [0, 0.1) is 5.41 Å². The first kappa shape index (κ1) is 12.9. The lowest BCUT2D eigenvalue weighted by Crippen LogP contribution is -2.42. The van der Waals surface area contributed by atoms with Crippen LogP contribution in [0.25, 0.3) is 0 Å². The highest BCUT2D eigenvalue weighted by Gasteiger charge is 2.56. The summed E-state index contributed by atoms with van der Waals surface area (Å²) >= 11 is 0. The van der Waals surface area contributed by atoms with Crippen LogP contribution in [0.1, 0.15) is 13.3 Å². The highest BCUT2D eigenvalue weighted by molar-refractivity contribution is 5.32. The van der Waals surface area contributed by atoms with E-state index < -0.39 is 35.5 Å². The number of alkyl halides is 6. The summed E-state index contributed by atoms with van der Waals surface area (Å²) < 4.78 is 74.7. The molecule has 1 aliphatic rings. The van der Waals surface area contributed by atoms with Gasteiger partial charge in [0.05, 0.1) is 0 Å². The Hall–Kier alpha value is -1.14. The molecule has 1 unspecified atom stereocenters. The fourth-order valence-electron chi connectivity index (χ4n) is 1.37. The molecule has 0 bridgehead atoms. The van der Waals surface area contributed by atoms with Gasteiger partial charge >= 0.3 is 12.4 Å². The van der Waals surface area contributed by atoms with Crippen LogP contribution in [0.5, 0.6) is 0 Å². The zero-order valence-electron chi connectivity index (χ0n) is 8.21. The molecule has 0 fully saturated rings. The first-order chi connectivity index (χ1) is 6.98. The minimum Gasteiger partial charge on any atom is -0.401 e. The third-order valence-electron chi connectivity index (χ3n) is 2.63. The van der Waals surface area contributed by atoms with E-state index in [1.807, 2.05) is 0 Å². The number of allylic oxidation sites excluding steroid dienone is 4. The van der Waals surface area contributed by atoms with Gasteiger partial charge < -0.3 is 5.73 Å². The van der Waals surface area contributed by atoms with E-state index in [1.165, 1.54) is 0 Å². The molecule has 0 amide bonds. The molecular formula is C9H9F6N. The lowest BCUT2D eigenvalue weighted by atomic mass is 9.76. The molecule has 1 rings (SSSR count). The zero-order chi connectivity index (χ0) is 12.8. The predicted molar refractivity (Wildman–Crippen MR) is 45.2 cm³/mol. The van der Waals surface area contributed by atoms with Crippen molar-refractivity contribution in [3.05, 3.63) is 23.4 Å². The second kappa shape index (κ2) is 3.43. The molecule has 92 valence electrons. The Morgan fingerprint density at radius 1 is 1.12 bits per heavy atom. The lowest BCUT2D eigenvalue weighted by Gasteiger charge is -2.35. The van der Waals surface area contributed by atoms with Crippen molar-refractivity contribution in [2.24, 2.45) is 11.1 Å². The summed E-state index contributed by atoms with van der Waals surface area (Å²) in [6.45, 7) is 0.664. The van der Waals surface area contributed by atoms with E-state index in [9.17, 15) is 26.3 Å². The summed E-state index contributed by atoms with van der Waals surface area (Å²) in [5, 5.41) is 0. The van der Waals surface area contributed by atoms with Gasteiger partial charge in [-0.1, -0.05) is 6.08 Å². The van der Waals surface area contributed by atoms with Crippen molar-refractivity contribution in [3.8, 4) is 0 Å². The number of rotatable bonds is 0. The van der Waals surface area contributed by atoms with E-state index in [0.29, 0.717) is 19.1 Å². The van der Waals surface area contributed by atoms with Gasteiger partial charge in [-0.3, -0.25) is 0 Å². The van der Waals surface area contributed by atoms with Crippen molar-refractivity contribution in [3.63, 3.8) is 0 Å². The van der Waals surface area contributed by atoms with Gasteiger partial charge in [0.25, 0.3) is 0 Å². The maximum atomic E-state index is 12.6. The Kier molecular flexibility index (Phi) is 2.77. The van der Waals surface area contributed by atoms with Crippen LogP contribution in [0.15, 0.2) is 23.4 Å². The van der Waals surface area contributed by atoms with E-state index in [4.69, 9.17) is 5.73 Å². The molecule has 0 saturated heterocycles. The normalized spacial score (nSPS) is 27.4. The summed E-state index contributed by atoms with van der Waals surface area (Å²) in [7, 11) is 0. The minimum absolute atomic E-state index is 0.586. The average Bonchev–Trinajstić information content (AvgIpc) is 2.06. The van der Waals surface area contributed by atoms with Gasteiger partial charge in [-0.15, -0.1) is 0 Å². The first-order valence-corrected chi connectivity index (χ1v) is 4.29. The molecule has 1 aliphatic carbocycles. The maximum absolute atomic E-state index is 12.6. The number of nitrogens with two attached hydrogens (primary N) is 1. The molecule has 0 heterocycles. The van der Waals surface area contributed by atoms with Crippen molar-refractivity contribution in [1.82, 2.24) is 0 Å². The molecule has 0 radical (unpaired) electrons. The molecule has 0 spiro atoms. The number of hydrogen-bond acceptors (Lipinski definition) is 1. The smallest absolute Gasteiger partial charge is 0.401 e. The van der Waals surface area contributed by atoms with Gasteiger partial charge in [0.2, 0.25) is 0 Å². The molecule has 0 saturated carbocycles. The average molecular weight is 245 g/mol. The van der Waals surface area contributed by atoms with Crippen molar-refractivity contribution in [2.45, 2.75) is 25.7 Å². The fraction of sp³-hybridized carbons (Fsp3) is 0.556. The Balaban J connectivity index is 3.15. The Bertz CT molecular complexity index is 348. The highest BCUT2D eigenvalue weighted by Crippen LogP contribution is 2.50. The van der Waals surface area contributed by atoms with Crippen LogP contribution in [0.4, 0.5) is 26.3 Å². The molecule has 2 N–H and O–H groups in total. The van der Waals surface area contributed by atoms with E-state index in [0.717, 1.165) is 0 Å². The standard InChI is InChI=1S/C9H9F6N/c1-7(9(13,14)15)4-5(8(10,11)12)2-3-6(7)16/h2-3H,4,16H2,1H3. The van der Waals surface area contributed by atoms with Crippen LogP contribution >= 0.6 is 0 Å². The zero-order valence-corrected chi connectivity index (χ0v) is 8.21. The molecule has 0 aromatic rings. The van der Waals surface area contributed by atoms with E-state index in [1.54, 1.807) is 0 Å². The third kappa shape index (κ3) is 2.03. The van der Waals surface area contributed by atoms with Crippen LogP contribution in [0.2, 0.25) is 0 Å². The second-order valence-electron chi connectivity index (χ2n) is 3.82. The van der Waals surface area contributed by atoms with Crippen molar-refractivity contribution >= 4 is 0 Å². The van der Waals surface area contributed by atoms with Gasteiger partial charge in [0.15, 0.2) is 0 Å². The van der Waals surface area contributed by atoms with Crippen LogP contribution in [-0.4, -0.2) is 12.4 Å². The van der Waals surface area contributed by atoms with Gasteiger partial charge in [0.1, 0.15) is 5.41 Å². The maximum Gasteiger partial charge on any atom is 0.412 e. The van der Waals surface area contributed by atoms with Gasteiger partial charge in [0, 0.05) is 11.3 Å². The number of halogens is 6. The fourth-order valence-corrected chi connectivity index (χ4v) is 1.37. The predicted octanol–water partition coefficient (Wildman–Crippen LogP) is 3.29. The third-order valence-corrected chi connectivity index (χ3v) is 2.63. The van der Waals surface area contributed by atoms with E-state index in [-0.39, 0.29) is 0 Å². The van der Waals surface area contributed by atoms with Gasteiger partial charge in [-0.2, -0.15) is 26.3 Å². The molecule has 1 atom stereocenters. The summed E-state index contributed by atoms with van der Waals surface area (Å²) in [5.74, 6) is 0. The van der Waals surface area contributed by atoms with E-state index in [2.05, 4.69) is 0 Å². The van der Waals surface area contributed by atoms with Crippen molar-refractivity contribution < 1.29 is 26.3 Å². The monoisotopic (exact) mass is 245 g/mol. The molecule has 0 aromatic carbocycles. The quantitative estimate of drug-likeness (QED) is 0.651. The lowest BCUT2D eigenvalue weighted by molar-refractivity contribution is -0.208. The Labute approximate surface area is 87.6 Å². The highest BCUT2D eigenvalue weighted by atomic mass is 19.4. The van der Waals surface area contributed by atoms with E-state index >= 15 is 0 Å². The molecule has 1 nitrogen and oxygen atoms in total. The SMILES string of the molecule is CC1(C(F)(F)F)CC(C(F)(F)F)=CC=C1N. The van der Waals surface area contributed by atoms with Crippen LogP contribution in [0.3, 0.4) is 0 Å². The minimum atomic E-state index is -4.81. The van der Waals surface area contributed by atoms with Gasteiger partial charge in [-0.25, -0.2) is 0 Å². The first-order valence-electron chi connectivity index (χ1n) is 4.29. The molecule has 7 heteroatoms. The Morgan fingerprint density at radius 2 is 1.62 bits per heavy atom. The van der Waals surface area contributed by atoms with Crippen molar-refractivity contribution in [1.29, 1.82) is 0 Å². The number of hydrogen-bond donors (Lipinski definition) is 1. The topological polar surface area (TPSA) is 26.0 Å². The molecular weight excluding hydrogens is 236 g/mol. The van der Waals surface area contributed by atoms with Gasteiger partial charge in [-0.05, 0) is 19.4 Å². The summed E-state index contributed by atoms with van der Waals surface area (Å²) in [4.78, 5) is 0. The van der Waals surface area contributed by atoms with Crippen LogP contribution in [-0.2, 0) is 0 Å². The summed E-state index contributed by atoms with van der Waals surface area (Å²) in [6.07, 6.45) is -9.49.